The molecule has 1 unspecified atom stereocenters. The molecular weight excluding hydrogens is 243 g/mol. The summed E-state index contributed by atoms with van der Waals surface area (Å²) in [6.07, 6.45) is 3.80. The Balaban J connectivity index is 1.93. The molecule has 1 aliphatic heterocycles. The van der Waals surface area contributed by atoms with Gasteiger partial charge in [0.05, 0.1) is 15.7 Å². The number of benzene rings is 1. The second-order valence-electron chi connectivity index (χ2n) is 4.12. The highest BCUT2D eigenvalue weighted by atomic mass is 35.5. The Morgan fingerprint density at radius 3 is 2.62 bits per heavy atom. The van der Waals surface area contributed by atoms with E-state index in [2.05, 4.69) is 10.6 Å². The van der Waals surface area contributed by atoms with Gasteiger partial charge in [0.25, 0.3) is 0 Å². The number of piperidine rings is 1. The summed E-state index contributed by atoms with van der Waals surface area (Å²) in [5.41, 5.74) is 0.846. The lowest BCUT2D eigenvalue weighted by molar-refractivity contribution is 0.414. The average Bonchev–Trinajstić information content (AvgIpc) is 2.30. The van der Waals surface area contributed by atoms with Crippen LogP contribution in [0.3, 0.4) is 0 Å². The van der Waals surface area contributed by atoms with Crippen molar-refractivity contribution < 1.29 is 0 Å². The molecule has 88 valence electrons. The van der Waals surface area contributed by atoms with E-state index in [1.165, 1.54) is 19.3 Å². The Hall–Kier alpha value is -0.440. The summed E-state index contributed by atoms with van der Waals surface area (Å²) in [5.74, 6) is 0. The van der Waals surface area contributed by atoms with Gasteiger partial charge in [-0.3, -0.25) is 0 Å². The van der Waals surface area contributed by atoms with E-state index in [9.17, 15) is 0 Å². The van der Waals surface area contributed by atoms with Crippen LogP contribution in [-0.2, 0) is 0 Å². The second-order valence-corrected chi connectivity index (χ2v) is 4.94. The van der Waals surface area contributed by atoms with E-state index in [-0.39, 0.29) is 0 Å². The molecule has 1 aromatic rings. The zero-order chi connectivity index (χ0) is 11.4. The van der Waals surface area contributed by atoms with Crippen LogP contribution in [0.2, 0.25) is 10.0 Å². The first kappa shape index (κ1) is 12.0. The van der Waals surface area contributed by atoms with Gasteiger partial charge in [0.1, 0.15) is 0 Å². The summed E-state index contributed by atoms with van der Waals surface area (Å²) in [4.78, 5) is 0. The summed E-state index contributed by atoms with van der Waals surface area (Å²) < 4.78 is 0. The largest absolute Gasteiger partial charge is 0.381 e. The van der Waals surface area contributed by atoms with Crippen LogP contribution in [0, 0.1) is 0 Å². The maximum Gasteiger partial charge on any atom is 0.0719 e. The van der Waals surface area contributed by atoms with Crippen LogP contribution in [0.1, 0.15) is 19.3 Å². The van der Waals surface area contributed by atoms with Crippen molar-refractivity contribution >= 4 is 28.9 Å². The van der Waals surface area contributed by atoms with Crippen LogP contribution < -0.4 is 10.6 Å². The molecule has 1 atom stereocenters. The first-order valence-corrected chi connectivity index (χ1v) is 6.44. The van der Waals surface area contributed by atoms with Gasteiger partial charge in [-0.2, -0.15) is 0 Å². The molecular formula is C12H16Cl2N2. The molecule has 2 N–H and O–H groups in total. The van der Waals surface area contributed by atoms with Crippen molar-refractivity contribution in [2.24, 2.45) is 0 Å². The maximum absolute atomic E-state index is 6.08. The predicted octanol–water partition coefficient (Wildman–Crippen LogP) is 3.55. The van der Waals surface area contributed by atoms with Gasteiger partial charge in [0.15, 0.2) is 0 Å². The average molecular weight is 259 g/mol. The Labute approximate surface area is 106 Å². The molecule has 0 saturated carbocycles. The van der Waals surface area contributed by atoms with Gasteiger partial charge in [-0.25, -0.2) is 0 Å². The van der Waals surface area contributed by atoms with E-state index in [0.717, 1.165) is 18.8 Å². The molecule has 0 aliphatic carbocycles. The van der Waals surface area contributed by atoms with Crippen LogP contribution in [0.4, 0.5) is 5.69 Å². The zero-order valence-corrected chi connectivity index (χ0v) is 10.6. The molecule has 0 bridgehead atoms. The Morgan fingerprint density at radius 1 is 1.25 bits per heavy atom. The third-order valence-corrected chi connectivity index (χ3v) is 3.53. The monoisotopic (exact) mass is 258 g/mol. The SMILES string of the molecule is Clc1cccc(Cl)c1NCC1CCCCN1. The van der Waals surface area contributed by atoms with Crippen molar-refractivity contribution in [1.29, 1.82) is 0 Å². The highest BCUT2D eigenvalue weighted by Gasteiger charge is 2.13. The van der Waals surface area contributed by atoms with Gasteiger partial charge in [-0.1, -0.05) is 35.7 Å². The minimum absolute atomic E-state index is 0.529. The fraction of sp³-hybridized carbons (Fsp3) is 0.500. The number of rotatable bonds is 3. The molecule has 1 aromatic carbocycles. The molecule has 0 spiro atoms. The minimum atomic E-state index is 0.529. The first-order chi connectivity index (χ1) is 7.77. The molecule has 4 heteroatoms. The van der Waals surface area contributed by atoms with Gasteiger partial charge in [0.2, 0.25) is 0 Å². The van der Waals surface area contributed by atoms with Crippen LogP contribution in [0.25, 0.3) is 0 Å². The van der Waals surface area contributed by atoms with Crippen LogP contribution >= 0.6 is 23.2 Å². The van der Waals surface area contributed by atoms with Gasteiger partial charge in [-0.05, 0) is 31.5 Å². The third kappa shape index (κ3) is 3.03. The summed E-state index contributed by atoms with van der Waals surface area (Å²) >= 11 is 12.2. The number of para-hydroxylation sites is 1. The molecule has 1 fully saturated rings. The Bertz CT molecular complexity index is 329. The highest BCUT2D eigenvalue weighted by Crippen LogP contribution is 2.29. The van der Waals surface area contributed by atoms with Gasteiger partial charge >= 0.3 is 0 Å². The maximum atomic E-state index is 6.08. The molecule has 1 heterocycles. The van der Waals surface area contributed by atoms with Crippen molar-refractivity contribution in [1.82, 2.24) is 5.32 Å². The zero-order valence-electron chi connectivity index (χ0n) is 9.10. The normalized spacial score (nSPS) is 20.8. The fourth-order valence-electron chi connectivity index (χ4n) is 1.99. The number of halogens is 2. The van der Waals surface area contributed by atoms with E-state index in [1.54, 1.807) is 0 Å². The van der Waals surface area contributed by atoms with Crippen LogP contribution in [0.15, 0.2) is 18.2 Å². The highest BCUT2D eigenvalue weighted by molar-refractivity contribution is 6.39. The molecule has 1 aliphatic rings. The van der Waals surface area contributed by atoms with Crippen molar-refractivity contribution in [3.63, 3.8) is 0 Å². The van der Waals surface area contributed by atoms with Gasteiger partial charge in [-0.15, -0.1) is 0 Å². The molecule has 2 nitrogen and oxygen atoms in total. The van der Waals surface area contributed by atoms with Crippen molar-refractivity contribution in [3.8, 4) is 0 Å². The third-order valence-electron chi connectivity index (χ3n) is 2.90. The second kappa shape index (κ2) is 5.76. The summed E-state index contributed by atoms with van der Waals surface area (Å²) in [5, 5.41) is 8.17. The summed E-state index contributed by atoms with van der Waals surface area (Å²) in [7, 11) is 0. The van der Waals surface area contributed by atoms with E-state index in [0.29, 0.717) is 16.1 Å². The van der Waals surface area contributed by atoms with Crippen LogP contribution in [0.5, 0.6) is 0 Å². The van der Waals surface area contributed by atoms with Gasteiger partial charge in [0, 0.05) is 12.6 Å². The number of hydrogen-bond acceptors (Lipinski definition) is 2. The van der Waals surface area contributed by atoms with E-state index in [1.807, 2.05) is 18.2 Å². The standard InChI is InChI=1S/C12H16Cl2N2/c13-10-5-3-6-11(14)12(10)16-8-9-4-1-2-7-15-9/h3,5-6,9,15-16H,1-2,4,7-8H2. The molecule has 2 rings (SSSR count). The number of hydrogen-bond donors (Lipinski definition) is 2. The lowest BCUT2D eigenvalue weighted by Gasteiger charge is -2.24. The van der Waals surface area contributed by atoms with Gasteiger partial charge < -0.3 is 10.6 Å². The molecule has 0 amide bonds. The summed E-state index contributed by atoms with van der Waals surface area (Å²) in [6.45, 7) is 1.99. The Morgan fingerprint density at radius 2 is 2.00 bits per heavy atom. The lowest BCUT2D eigenvalue weighted by Crippen LogP contribution is -2.39. The van der Waals surface area contributed by atoms with E-state index in [4.69, 9.17) is 23.2 Å². The number of nitrogens with one attached hydrogen (secondary N) is 2. The van der Waals surface area contributed by atoms with E-state index < -0.39 is 0 Å². The molecule has 1 saturated heterocycles. The number of anilines is 1. The predicted molar refractivity (Wildman–Crippen MR) is 70.6 cm³/mol. The fourth-order valence-corrected chi connectivity index (χ4v) is 2.52. The van der Waals surface area contributed by atoms with E-state index >= 15 is 0 Å². The quantitative estimate of drug-likeness (QED) is 0.867. The first-order valence-electron chi connectivity index (χ1n) is 5.68. The minimum Gasteiger partial charge on any atom is -0.381 e. The molecule has 0 aromatic heterocycles. The smallest absolute Gasteiger partial charge is 0.0719 e. The topological polar surface area (TPSA) is 24.1 Å². The van der Waals surface area contributed by atoms with Crippen molar-refractivity contribution in [3.05, 3.63) is 28.2 Å². The molecule has 0 radical (unpaired) electrons. The van der Waals surface area contributed by atoms with Crippen LogP contribution in [-0.4, -0.2) is 19.1 Å². The van der Waals surface area contributed by atoms with Crippen molar-refractivity contribution in [2.45, 2.75) is 25.3 Å². The molecule has 16 heavy (non-hydrogen) atoms. The Kier molecular flexibility index (Phi) is 4.33. The summed E-state index contributed by atoms with van der Waals surface area (Å²) in [6, 6.07) is 6.09. The van der Waals surface area contributed by atoms with Crippen molar-refractivity contribution in [2.75, 3.05) is 18.4 Å². The lowest BCUT2D eigenvalue weighted by atomic mass is 10.1.